The van der Waals surface area contributed by atoms with Gasteiger partial charge in [-0.05, 0) is 79.2 Å². The molecule has 2 rings (SSSR count). The largest absolute Gasteiger partial charge is 0.490 e. The molecule has 174 valence electrons. The second-order valence-corrected chi connectivity index (χ2v) is 8.18. The summed E-state index contributed by atoms with van der Waals surface area (Å²) in [6, 6.07) is 2.25. The molecule has 0 aromatic heterocycles. The fraction of sp³-hybridized carbons (Fsp3) is 0.429. The normalized spacial score (nSPS) is 15.7. The molecule has 9 nitrogen and oxygen atoms in total. The maximum atomic E-state index is 12.8. The molecule has 1 aliphatic heterocycles. The third-order valence-electron chi connectivity index (χ3n) is 4.11. The first-order valence-corrected chi connectivity index (χ1v) is 11.5. The number of amides is 2. The topological polar surface area (TPSA) is 108 Å². The minimum Gasteiger partial charge on any atom is -0.490 e. The van der Waals surface area contributed by atoms with Gasteiger partial charge in [0.25, 0.3) is 11.1 Å². The van der Waals surface area contributed by atoms with Crippen LogP contribution in [0.3, 0.4) is 0 Å². The van der Waals surface area contributed by atoms with Gasteiger partial charge >= 0.3 is 11.9 Å². The molecule has 1 fully saturated rings. The van der Waals surface area contributed by atoms with Crippen molar-refractivity contribution in [2.75, 3.05) is 26.4 Å². The van der Waals surface area contributed by atoms with Crippen LogP contribution >= 0.6 is 27.7 Å². The van der Waals surface area contributed by atoms with Crippen LogP contribution in [0, 0.1) is 0 Å². The molecule has 0 saturated carbocycles. The average Bonchev–Trinajstić information content (AvgIpc) is 3.00. The number of benzene rings is 1. The first-order valence-electron chi connectivity index (χ1n) is 9.91. The van der Waals surface area contributed by atoms with Gasteiger partial charge in [0.2, 0.25) is 0 Å². The summed E-state index contributed by atoms with van der Waals surface area (Å²) in [6.07, 6.45) is 1.52. The van der Waals surface area contributed by atoms with E-state index in [1.165, 1.54) is 13.0 Å². The van der Waals surface area contributed by atoms with Gasteiger partial charge in [0, 0.05) is 0 Å². The smallest absolute Gasteiger partial charge is 0.344 e. The Bertz CT molecular complexity index is 933. The third-order valence-corrected chi connectivity index (χ3v) is 5.58. The molecule has 0 radical (unpaired) electrons. The number of ether oxygens (including phenoxy) is 4. The Hall–Kier alpha value is -2.53. The highest BCUT2D eigenvalue weighted by Crippen LogP contribution is 2.39. The minimum absolute atomic E-state index is 0.147. The van der Waals surface area contributed by atoms with E-state index in [0.717, 1.165) is 16.7 Å². The fourth-order valence-corrected chi connectivity index (χ4v) is 4.22. The first-order chi connectivity index (χ1) is 15.2. The van der Waals surface area contributed by atoms with E-state index in [4.69, 9.17) is 18.9 Å². The molecule has 1 aromatic rings. The van der Waals surface area contributed by atoms with E-state index in [1.807, 2.05) is 0 Å². The van der Waals surface area contributed by atoms with E-state index in [-0.39, 0.29) is 24.7 Å². The molecule has 0 N–H and O–H groups in total. The van der Waals surface area contributed by atoms with Crippen molar-refractivity contribution >= 4 is 56.9 Å². The number of carbonyl (C=O) groups is 4. The highest BCUT2D eigenvalue weighted by molar-refractivity contribution is 9.10. The zero-order chi connectivity index (χ0) is 23.8. The van der Waals surface area contributed by atoms with Crippen molar-refractivity contribution in [3.63, 3.8) is 0 Å². The fourth-order valence-electron chi connectivity index (χ4n) is 2.74. The summed E-state index contributed by atoms with van der Waals surface area (Å²) >= 11 is 4.12. The molecule has 0 bridgehead atoms. The molecule has 0 spiro atoms. The lowest BCUT2D eigenvalue weighted by molar-refractivity contribution is -0.150. The Balaban J connectivity index is 2.29. The van der Waals surface area contributed by atoms with E-state index in [1.54, 1.807) is 32.9 Å². The standard InChI is InChI=1S/C21H24BrNO8S/c1-5-28-15-9-13(8-14(22)18(15)31-11-17(24)29-6-2)10-16-19(25)23(21(27)32-16)12(4)20(26)30-7-3/h8-10,12H,5-7,11H2,1-4H3/b16-10+/t12-/m1/s1. The number of carbonyl (C=O) groups excluding carboxylic acids is 4. The Morgan fingerprint density at radius 3 is 2.41 bits per heavy atom. The number of hydrogen-bond acceptors (Lipinski definition) is 9. The summed E-state index contributed by atoms with van der Waals surface area (Å²) in [4.78, 5) is 49.7. The Labute approximate surface area is 198 Å². The van der Waals surface area contributed by atoms with Crippen LogP contribution in [0.25, 0.3) is 6.08 Å². The number of nitrogens with zero attached hydrogens (tertiary/aromatic N) is 1. The van der Waals surface area contributed by atoms with Gasteiger partial charge in [0.05, 0.1) is 29.2 Å². The average molecular weight is 530 g/mol. The Kier molecular flexibility index (Phi) is 9.58. The summed E-state index contributed by atoms with van der Waals surface area (Å²) < 4.78 is 21.4. The second-order valence-electron chi connectivity index (χ2n) is 6.34. The molecule has 0 aliphatic carbocycles. The molecule has 1 aliphatic rings. The van der Waals surface area contributed by atoms with Gasteiger partial charge in [0.15, 0.2) is 18.1 Å². The summed E-state index contributed by atoms with van der Waals surface area (Å²) in [6.45, 7) is 7.00. The van der Waals surface area contributed by atoms with Crippen molar-refractivity contribution in [2.45, 2.75) is 33.7 Å². The van der Waals surface area contributed by atoms with E-state index < -0.39 is 29.1 Å². The molecular weight excluding hydrogens is 506 g/mol. The third kappa shape index (κ3) is 6.26. The van der Waals surface area contributed by atoms with Crippen LogP contribution in [0.15, 0.2) is 21.5 Å². The number of hydrogen-bond donors (Lipinski definition) is 0. The van der Waals surface area contributed by atoms with E-state index >= 15 is 0 Å². The van der Waals surface area contributed by atoms with Gasteiger partial charge in [-0.1, -0.05) is 0 Å². The number of thioether (sulfide) groups is 1. The van der Waals surface area contributed by atoms with Crippen molar-refractivity contribution in [2.24, 2.45) is 0 Å². The van der Waals surface area contributed by atoms with E-state index in [2.05, 4.69) is 15.9 Å². The SMILES string of the molecule is CCOC(=O)COc1c(Br)cc(/C=C2/SC(=O)N([C@H](C)C(=O)OCC)C2=O)cc1OCC. The molecule has 1 aromatic carbocycles. The van der Waals surface area contributed by atoms with Crippen molar-refractivity contribution in [1.29, 1.82) is 0 Å². The van der Waals surface area contributed by atoms with Gasteiger partial charge in [-0.2, -0.15) is 0 Å². The van der Waals surface area contributed by atoms with Crippen molar-refractivity contribution < 1.29 is 38.1 Å². The van der Waals surface area contributed by atoms with E-state index in [0.29, 0.717) is 28.1 Å². The van der Waals surface area contributed by atoms with E-state index in [9.17, 15) is 19.2 Å². The molecule has 2 amide bonds. The molecule has 1 atom stereocenters. The number of imide groups is 1. The Morgan fingerprint density at radius 2 is 1.78 bits per heavy atom. The van der Waals surface area contributed by atoms with Crippen LogP contribution in [-0.4, -0.2) is 60.5 Å². The molecule has 11 heteroatoms. The zero-order valence-electron chi connectivity index (χ0n) is 18.1. The Morgan fingerprint density at radius 1 is 1.09 bits per heavy atom. The highest BCUT2D eigenvalue weighted by atomic mass is 79.9. The lowest BCUT2D eigenvalue weighted by Crippen LogP contribution is -2.42. The quantitative estimate of drug-likeness (QED) is 0.330. The van der Waals surface area contributed by atoms with Gasteiger partial charge in [-0.3, -0.25) is 14.5 Å². The maximum Gasteiger partial charge on any atom is 0.344 e. The zero-order valence-corrected chi connectivity index (χ0v) is 20.5. The molecular formula is C21H24BrNO8S. The van der Waals surface area contributed by atoms with Crippen LogP contribution in [0.2, 0.25) is 0 Å². The van der Waals surface area contributed by atoms with Crippen molar-refractivity contribution in [3.8, 4) is 11.5 Å². The van der Waals surface area contributed by atoms with Crippen LogP contribution in [0.1, 0.15) is 33.3 Å². The lowest BCUT2D eigenvalue weighted by Gasteiger charge is -2.19. The summed E-state index contributed by atoms with van der Waals surface area (Å²) in [5.74, 6) is -1.11. The number of rotatable bonds is 10. The monoisotopic (exact) mass is 529 g/mol. The second kappa shape index (κ2) is 11.9. The first kappa shape index (κ1) is 25.7. The van der Waals surface area contributed by atoms with Crippen molar-refractivity contribution in [3.05, 3.63) is 27.1 Å². The maximum absolute atomic E-state index is 12.8. The number of halogens is 1. The minimum atomic E-state index is -1.03. The molecule has 0 unspecified atom stereocenters. The predicted molar refractivity (Wildman–Crippen MR) is 121 cm³/mol. The summed E-state index contributed by atoms with van der Waals surface area (Å²) in [7, 11) is 0. The van der Waals surface area contributed by atoms with Gasteiger partial charge < -0.3 is 18.9 Å². The van der Waals surface area contributed by atoms with Crippen LogP contribution in [0.4, 0.5) is 4.79 Å². The van der Waals surface area contributed by atoms with Gasteiger partial charge in [0.1, 0.15) is 6.04 Å². The summed E-state index contributed by atoms with van der Waals surface area (Å²) in [5.41, 5.74) is 0.554. The summed E-state index contributed by atoms with van der Waals surface area (Å²) in [5, 5.41) is -0.555. The predicted octanol–water partition coefficient (Wildman–Crippen LogP) is 3.78. The molecule has 1 heterocycles. The van der Waals surface area contributed by atoms with Crippen LogP contribution in [0.5, 0.6) is 11.5 Å². The van der Waals surface area contributed by atoms with Crippen molar-refractivity contribution in [1.82, 2.24) is 4.90 Å². The number of esters is 2. The van der Waals surface area contributed by atoms with Gasteiger partial charge in [-0.25, -0.2) is 9.59 Å². The van der Waals surface area contributed by atoms with Crippen LogP contribution < -0.4 is 9.47 Å². The molecule has 1 saturated heterocycles. The highest BCUT2D eigenvalue weighted by Gasteiger charge is 2.41. The van der Waals surface area contributed by atoms with Crippen LogP contribution in [-0.2, 0) is 23.9 Å². The lowest BCUT2D eigenvalue weighted by atomic mass is 10.1. The molecule has 32 heavy (non-hydrogen) atoms. The van der Waals surface area contributed by atoms with Gasteiger partial charge in [-0.15, -0.1) is 0 Å².